The van der Waals surface area contributed by atoms with Gasteiger partial charge in [-0.05, 0) is 34.8 Å². The zero-order valence-electron chi connectivity index (χ0n) is 14.5. The minimum absolute atomic E-state index is 0.283. The van der Waals surface area contributed by atoms with Gasteiger partial charge in [-0.15, -0.1) is 0 Å². The van der Waals surface area contributed by atoms with Crippen molar-refractivity contribution >= 4 is 43.8 Å². The molecule has 0 amide bonds. The van der Waals surface area contributed by atoms with Crippen molar-refractivity contribution in [3.8, 4) is 0 Å². The third-order valence-electron chi connectivity index (χ3n) is 3.58. The number of nitrogens with two attached hydrogens (primary N) is 1. The molecular weight excluding hydrogens is 384 g/mol. The summed E-state index contributed by atoms with van der Waals surface area (Å²) in [6, 6.07) is 1.91. The Morgan fingerprint density at radius 2 is 2.16 bits per heavy atom. The van der Waals surface area contributed by atoms with Gasteiger partial charge in [-0.25, -0.2) is 9.97 Å². The molecule has 0 radical (unpaired) electrons. The maximum atomic E-state index is 6.16. The van der Waals surface area contributed by atoms with Gasteiger partial charge in [0, 0.05) is 22.9 Å². The van der Waals surface area contributed by atoms with Crippen LogP contribution in [0.3, 0.4) is 0 Å². The van der Waals surface area contributed by atoms with Crippen molar-refractivity contribution in [2.24, 2.45) is 5.92 Å². The van der Waals surface area contributed by atoms with E-state index in [4.69, 9.17) is 10.6 Å². The van der Waals surface area contributed by atoms with Crippen LogP contribution in [0.15, 0.2) is 29.0 Å². The summed E-state index contributed by atoms with van der Waals surface area (Å²) in [6.45, 7) is 10.9. The quantitative estimate of drug-likeness (QED) is 0.610. The Morgan fingerprint density at radius 3 is 2.84 bits per heavy atom. The second-order valence-electron chi connectivity index (χ2n) is 6.42. The largest absolute Gasteiger partial charge is 0.382 e. The van der Waals surface area contributed by atoms with Crippen LogP contribution >= 0.6 is 15.9 Å². The van der Waals surface area contributed by atoms with Crippen molar-refractivity contribution in [2.75, 3.05) is 5.73 Å². The highest BCUT2D eigenvalue weighted by Crippen LogP contribution is 2.29. The molecule has 7 nitrogen and oxygen atoms in total. The first-order valence-electron chi connectivity index (χ1n) is 8.00. The van der Waals surface area contributed by atoms with E-state index >= 15 is 0 Å². The second-order valence-corrected chi connectivity index (χ2v) is 7.33. The lowest BCUT2D eigenvalue weighted by Crippen LogP contribution is -2.15. The van der Waals surface area contributed by atoms with Crippen LogP contribution < -0.4 is 11.2 Å². The molecule has 0 saturated heterocycles. The van der Waals surface area contributed by atoms with Crippen LogP contribution in [0.4, 0.5) is 5.82 Å². The molecule has 3 aromatic heterocycles. The van der Waals surface area contributed by atoms with Gasteiger partial charge in [-0.1, -0.05) is 20.4 Å². The van der Waals surface area contributed by atoms with E-state index in [1.807, 2.05) is 13.0 Å². The Labute approximate surface area is 154 Å². The van der Waals surface area contributed by atoms with E-state index in [1.165, 1.54) is 0 Å². The van der Waals surface area contributed by atoms with E-state index < -0.39 is 0 Å². The molecule has 0 aliphatic heterocycles. The summed E-state index contributed by atoms with van der Waals surface area (Å²) in [5, 5.41) is 0. The number of imidazole rings is 1. The molecule has 132 valence electrons. The molecule has 3 rings (SSSR count). The normalized spacial score (nSPS) is 11.6. The monoisotopic (exact) mass is 404 g/mol. The smallest absolute Gasteiger partial charge is 0.152 e. The average molecular weight is 405 g/mol. The Hall–Kier alpha value is -2.19. The molecule has 25 heavy (non-hydrogen) atoms. The SMILES string of the molecule is C=C(C)NOCc1nc2c(N)nc3cc(Br)cnc3c2n1CC(C)C. The van der Waals surface area contributed by atoms with Gasteiger partial charge < -0.3 is 10.3 Å². The van der Waals surface area contributed by atoms with E-state index in [0.717, 1.165) is 39.1 Å². The minimum Gasteiger partial charge on any atom is -0.382 e. The van der Waals surface area contributed by atoms with Crippen molar-refractivity contribution in [1.82, 2.24) is 25.0 Å². The lowest BCUT2D eigenvalue weighted by atomic mass is 10.2. The predicted molar refractivity (Wildman–Crippen MR) is 103 cm³/mol. The number of hydrogen-bond acceptors (Lipinski definition) is 6. The average Bonchev–Trinajstić information content (AvgIpc) is 2.86. The molecule has 0 spiro atoms. The highest BCUT2D eigenvalue weighted by molar-refractivity contribution is 9.10. The summed E-state index contributed by atoms with van der Waals surface area (Å²) in [6.07, 6.45) is 1.76. The first kappa shape index (κ1) is 17.6. The van der Waals surface area contributed by atoms with Crippen molar-refractivity contribution in [1.29, 1.82) is 0 Å². The molecule has 8 heteroatoms. The standard InChI is InChI=1S/C17H21BrN6O/c1-9(2)7-24-13(8-25-23-10(3)4)22-15-16(24)14-12(21-17(15)19)5-11(18)6-20-14/h5-6,9,23H,3,7-8H2,1-2,4H3,(H2,19,21). The van der Waals surface area contributed by atoms with E-state index in [1.54, 1.807) is 6.20 Å². The summed E-state index contributed by atoms with van der Waals surface area (Å²) in [7, 11) is 0. The topological polar surface area (TPSA) is 90.9 Å². The summed E-state index contributed by atoms with van der Waals surface area (Å²) >= 11 is 3.43. The Balaban J connectivity index is 2.20. The number of rotatable bonds is 6. The van der Waals surface area contributed by atoms with Crippen LogP contribution in [0.2, 0.25) is 0 Å². The fourth-order valence-electron chi connectivity index (χ4n) is 2.69. The maximum absolute atomic E-state index is 6.16. The summed E-state index contributed by atoms with van der Waals surface area (Å²) in [5.74, 6) is 1.58. The number of anilines is 1. The minimum atomic E-state index is 0.283. The van der Waals surface area contributed by atoms with Crippen molar-refractivity contribution in [3.05, 3.63) is 34.8 Å². The molecule has 0 atom stereocenters. The van der Waals surface area contributed by atoms with E-state index in [-0.39, 0.29) is 6.61 Å². The van der Waals surface area contributed by atoms with Gasteiger partial charge in [0.05, 0.1) is 5.52 Å². The van der Waals surface area contributed by atoms with E-state index in [0.29, 0.717) is 17.3 Å². The van der Waals surface area contributed by atoms with Crippen LogP contribution in [0.1, 0.15) is 26.6 Å². The Bertz CT molecular complexity index is 949. The van der Waals surface area contributed by atoms with E-state index in [2.05, 4.69) is 61.4 Å². The highest BCUT2D eigenvalue weighted by atomic mass is 79.9. The number of fused-ring (bicyclic) bond motifs is 3. The van der Waals surface area contributed by atoms with Crippen LogP contribution in [0.25, 0.3) is 22.1 Å². The van der Waals surface area contributed by atoms with Gasteiger partial charge in [0.15, 0.2) is 5.82 Å². The molecule has 0 aromatic carbocycles. The number of aromatic nitrogens is 4. The van der Waals surface area contributed by atoms with Gasteiger partial charge in [-0.2, -0.15) is 0 Å². The first-order chi connectivity index (χ1) is 11.9. The van der Waals surface area contributed by atoms with Gasteiger partial charge in [-0.3, -0.25) is 15.3 Å². The van der Waals surface area contributed by atoms with Gasteiger partial charge in [0.2, 0.25) is 0 Å². The van der Waals surface area contributed by atoms with Crippen LogP contribution in [0.5, 0.6) is 0 Å². The number of nitrogens with zero attached hydrogens (tertiary/aromatic N) is 4. The number of halogens is 1. The second kappa shape index (κ2) is 6.97. The predicted octanol–water partition coefficient (Wildman–Crippen LogP) is 3.54. The Kier molecular flexibility index (Phi) is 4.91. The van der Waals surface area contributed by atoms with E-state index in [9.17, 15) is 0 Å². The highest BCUT2D eigenvalue weighted by Gasteiger charge is 2.19. The lowest BCUT2D eigenvalue weighted by Gasteiger charge is -2.13. The first-order valence-corrected chi connectivity index (χ1v) is 8.79. The maximum Gasteiger partial charge on any atom is 0.152 e. The molecule has 0 aliphatic carbocycles. The zero-order chi connectivity index (χ0) is 18.1. The third-order valence-corrected chi connectivity index (χ3v) is 4.02. The van der Waals surface area contributed by atoms with Crippen molar-refractivity contribution in [3.63, 3.8) is 0 Å². The number of allylic oxidation sites excluding steroid dienone is 1. The van der Waals surface area contributed by atoms with Gasteiger partial charge in [0.25, 0.3) is 0 Å². The van der Waals surface area contributed by atoms with Crippen LogP contribution in [0, 0.1) is 5.92 Å². The number of nitrogen functional groups attached to an aromatic ring is 1. The van der Waals surface area contributed by atoms with Crippen LogP contribution in [-0.4, -0.2) is 19.5 Å². The molecule has 3 N–H and O–H groups in total. The third kappa shape index (κ3) is 3.59. The fourth-order valence-corrected chi connectivity index (χ4v) is 3.01. The van der Waals surface area contributed by atoms with Gasteiger partial charge >= 0.3 is 0 Å². The molecular formula is C17H21BrN6O. The van der Waals surface area contributed by atoms with Crippen molar-refractivity contribution < 1.29 is 4.84 Å². The molecule has 3 heterocycles. The number of nitrogens with one attached hydrogen (secondary N) is 1. The molecule has 0 unspecified atom stereocenters. The van der Waals surface area contributed by atoms with Gasteiger partial charge in [0.1, 0.15) is 29.0 Å². The summed E-state index contributed by atoms with van der Waals surface area (Å²) < 4.78 is 2.97. The number of hydrogen-bond donors (Lipinski definition) is 2. The molecule has 0 bridgehead atoms. The lowest BCUT2D eigenvalue weighted by molar-refractivity contribution is 0.0436. The van der Waals surface area contributed by atoms with Crippen molar-refractivity contribution in [2.45, 2.75) is 33.9 Å². The fraction of sp³-hybridized carbons (Fsp3) is 0.353. The van der Waals surface area contributed by atoms with Crippen LogP contribution in [-0.2, 0) is 18.0 Å². The number of pyridine rings is 2. The summed E-state index contributed by atoms with van der Waals surface area (Å²) in [5.41, 5.74) is 12.7. The molecule has 3 aromatic rings. The Morgan fingerprint density at radius 1 is 1.40 bits per heavy atom. The zero-order valence-corrected chi connectivity index (χ0v) is 16.1. The summed E-state index contributed by atoms with van der Waals surface area (Å²) in [4.78, 5) is 19.1. The molecule has 0 saturated carbocycles. The molecule has 0 fully saturated rings. The molecule has 0 aliphatic rings. The number of hydroxylamine groups is 1.